The Labute approximate surface area is 127 Å². The molecule has 2 rings (SSSR count). The van der Waals surface area contributed by atoms with Crippen LogP contribution < -0.4 is 15.0 Å². The van der Waals surface area contributed by atoms with Crippen molar-refractivity contribution in [2.75, 3.05) is 30.9 Å². The van der Waals surface area contributed by atoms with Crippen LogP contribution in [-0.2, 0) is 6.54 Å². The van der Waals surface area contributed by atoms with Crippen molar-refractivity contribution in [1.29, 1.82) is 0 Å². The summed E-state index contributed by atoms with van der Waals surface area (Å²) in [6.07, 6.45) is 0. The highest BCUT2D eigenvalue weighted by Crippen LogP contribution is 2.24. The average Bonchev–Trinajstić information content (AvgIpc) is 2.47. The van der Waals surface area contributed by atoms with Gasteiger partial charge in [-0.25, -0.2) is 0 Å². The molecule has 21 heavy (non-hydrogen) atoms. The maximum atomic E-state index is 5.66. The van der Waals surface area contributed by atoms with Gasteiger partial charge in [-0.2, -0.15) is 0 Å². The number of rotatable bonds is 6. The van der Waals surface area contributed by atoms with Gasteiger partial charge in [0, 0.05) is 37.6 Å². The summed E-state index contributed by atoms with van der Waals surface area (Å²) >= 11 is 0. The molecule has 0 aromatic heterocycles. The second-order valence-electron chi connectivity index (χ2n) is 5.29. The normalized spacial score (nSPS) is 10.3. The number of para-hydroxylation sites is 1. The van der Waals surface area contributed by atoms with Gasteiger partial charge in [-0.3, -0.25) is 0 Å². The van der Waals surface area contributed by atoms with Crippen LogP contribution in [0.1, 0.15) is 18.1 Å². The number of anilines is 2. The lowest BCUT2D eigenvalue weighted by Crippen LogP contribution is -2.09. The van der Waals surface area contributed by atoms with Crippen LogP contribution in [0.15, 0.2) is 42.5 Å². The highest BCUT2D eigenvalue weighted by atomic mass is 16.5. The third-order valence-electron chi connectivity index (χ3n) is 3.47. The lowest BCUT2D eigenvalue weighted by Gasteiger charge is -2.17. The van der Waals surface area contributed by atoms with Crippen LogP contribution in [0, 0.1) is 6.92 Å². The zero-order valence-corrected chi connectivity index (χ0v) is 13.3. The zero-order valence-electron chi connectivity index (χ0n) is 13.3. The van der Waals surface area contributed by atoms with Crippen molar-refractivity contribution in [2.45, 2.75) is 20.4 Å². The first-order valence-corrected chi connectivity index (χ1v) is 7.34. The third kappa shape index (κ3) is 3.91. The van der Waals surface area contributed by atoms with E-state index in [0.717, 1.165) is 18.0 Å². The van der Waals surface area contributed by atoms with E-state index in [1.165, 1.54) is 16.8 Å². The second-order valence-corrected chi connectivity index (χ2v) is 5.29. The van der Waals surface area contributed by atoms with Gasteiger partial charge < -0.3 is 15.0 Å². The molecule has 0 aliphatic carbocycles. The Balaban J connectivity index is 2.10. The molecular weight excluding hydrogens is 260 g/mol. The van der Waals surface area contributed by atoms with E-state index in [0.29, 0.717) is 6.61 Å². The molecule has 112 valence electrons. The van der Waals surface area contributed by atoms with Crippen LogP contribution in [0.3, 0.4) is 0 Å². The average molecular weight is 284 g/mol. The number of nitrogens with zero attached hydrogens (tertiary/aromatic N) is 1. The van der Waals surface area contributed by atoms with Crippen molar-refractivity contribution in [3.05, 3.63) is 53.6 Å². The molecule has 0 unspecified atom stereocenters. The third-order valence-corrected chi connectivity index (χ3v) is 3.47. The maximum absolute atomic E-state index is 5.66. The van der Waals surface area contributed by atoms with Gasteiger partial charge in [0.1, 0.15) is 5.75 Å². The first-order valence-electron chi connectivity index (χ1n) is 7.34. The van der Waals surface area contributed by atoms with Crippen LogP contribution in [-0.4, -0.2) is 20.7 Å². The lowest BCUT2D eigenvalue weighted by atomic mass is 10.1. The van der Waals surface area contributed by atoms with Crippen LogP contribution >= 0.6 is 0 Å². The molecule has 3 heteroatoms. The van der Waals surface area contributed by atoms with Gasteiger partial charge in [-0.05, 0) is 43.7 Å². The summed E-state index contributed by atoms with van der Waals surface area (Å²) in [4.78, 5) is 2.11. The Hall–Kier alpha value is -2.16. The summed E-state index contributed by atoms with van der Waals surface area (Å²) in [7, 11) is 4.11. The number of nitrogens with one attached hydrogen (secondary N) is 1. The minimum absolute atomic E-state index is 0.688. The Morgan fingerprint density at radius 2 is 1.86 bits per heavy atom. The van der Waals surface area contributed by atoms with Gasteiger partial charge in [-0.1, -0.05) is 18.2 Å². The fourth-order valence-corrected chi connectivity index (χ4v) is 2.26. The van der Waals surface area contributed by atoms with E-state index in [2.05, 4.69) is 55.5 Å². The fraction of sp³-hybridized carbons (Fsp3) is 0.333. The molecule has 0 aliphatic rings. The minimum atomic E-state index is 0.688. The molecule has 0 bridgehead atoms. The molecule has 1 N–H and O–H groups in total. The molecule has 2 aromatic rings. The summed E-state index contributed by atoms with van der Waals surface area (Å²) in [6, 6.07) is 14.6. The lowest BCUT2D eigenvalue weighted by molar-refractivity contribution is 0.337. The molecule has 0 radical (unpaired) electrons. The topological polar surface area (TPSA) is 24.5 Å². The molecule has 0 amide bonds. The quantitative estimate of drug-likeness (QED) is 0.865. The van der Waals surface area contributed by atoms with Gasteiger partial charge in [0.25, 0.3) is 0 Å². The monoisotopic (exact) mass is 284 g/mol. The molecule has 0 saturated carbocycles. The Kier molecular flexibility index (Phi) is 5.09. The van der Waals surface area contributed by atoms with Crippen molar-refractivity contribution in [1.82, 2.24) is 0 Å². The van der Waals surface area contributed by atoms with Crippen molar-refractivity contribution in [3.63, 3.8) is 0 Å². The highest BCUT2D eigenvalue weighted by molar-refractivity contribution is 5.60. The number of hydrogen-bond donors (Lipinski definition) is 1. The molecular formula is C18H24N2O. The molecule has 0 heterocycles. The Bertz CT molecular complexity index is 594. The van der Waals surface area contributed by atoms with Crippen molar-refractivity contribution >= 4 is 11.4 Å². The van der Waals surface area contributed by atoms with Crippen molar-refractivity contribution in [2.24, 2.45) is 0 Å². The minimum Gasteiger partial charge on any atom is -0.494 e. The summed E-state index contributed by atoms with van der Waals surface area (Å²) in [5.41, 5.74) is 4.80. The smallest absolute Gasteiger partial charge is 0.124 e. The first-order chi connectivity index (χ1) is 10.1. The Morgan fingerprint density at radius 1 is 1.10 bits per heavy atom. The number of aryl methyl sites for hydroxylation is 1. The summed E-state index contributed by atoms with van der Waals surface area (Å²) in [5, 5.41) is 3.50. The summed E-state index contributed by atoms with van der Waals surface area (Å²) in [6.45, 7) is 5.59. The first kappa shape index (κ1) is 15.2. The van der Waals surface area contributed by atoms with Crippen LogP contribution in [0.2, 0.25) is 0 Å². The fourth-order valence-electron chi connectivity index (χ4n) is 2.26. The number of ether oxygens (including phenoxy) is 1. The number of hydrogen-bond acceptors (Lipinski definition) is 3. The van der Waals surface area contributed by atoms with Crippen LogP contribution in [0.25, 0.3) is 0 Å². The number of benzene rings is 2. The van der Waals surface area contributed by atoms with E-state index in [1.807, 2.05) is 25.1 Å². The predicted octanol–water partition coefficient (Wildman–Crippen LogP) is 4.07. The van der Waals surface area contributed by atoms with E-state index < -0.39 is 0 Å². The van der Waals surface area contributed by atoms with E-state index in [-0.39, 0.29) is 0 Å². The van der Waals surface area contributed by atoms with E-state index in [1.54, 1.807) is 0 Å². The standard InChI is InChI=1S/C18H24N2O/c1-5-21-18-9-7-6-8-15(18)13-19-17-11-10-16(20(3)4)12-14(17)2/h6-12,19H,5,13H2,1-4H3. The molecule has 0 fully saturated rings. The molecule has 0 saturated heterocycles. The van der Waals surface area contributed by atoms with Gasteiger partial charge in [0.05, 0.1) is 6.61 Å². The van der Waals surface area contributed by atoms with E-state index in [4.69, 9.17) is 4.74 Å². The summed E-state index contributed by atoms with van der Waals surface area (Å²) in [5.74, 6) is 0.954. The van der Waals surface area contributed by atoms with Gasteiger partial charge in [-0.15, -0.1) is 0 Å². The molecule has 0 aliphatic heterocycles. The predicted molar refractivity (Wildman–Crippen MR) is 90.4 cm³/mol. The van der Waals surface area contributed by atoms with Crippen LogP contribution in [0.5, 0.6) is 5.75 Å². The van der Waals surface area contributed by atoms with Crippen LogP contribution in [0.4, 0.5) is 11.4 Å². The largest absolute Gasteiger partial charge is 0.494 e. The SMILES string of the molecule is CCOc1ccccc1CNc1ccc(N(C)C)cc1C. The Morgan fingerprint density at radius 3 is 2.52 bits per heavy atom. The highest BCUT2D eigenvalue weighted by Gasteiger charge is 2.05. The zero-order chi connectivity index (χ0) is 15.2. The van der Waals surface area contributed by atoms with E-state index in [9.17, 15) is 0 Å². The van der Waals surface area contributed by atoms with E-state index >= 15 is 0 Å². The van der Waals surface area contributed by atoms with Gasteiger partial charge in [0.2, 0.25) is 0 Å². The van der Waals surface area contributed by atoms with Crippen molar-refractivity contribution < 1.29 is 4.74 Å². The second kappa shape index (κ2) is 7.02. The van der Waals surface area contributed by atoms with Gasteiger partial charge >= 0.3 is 0 Å². The summed E-state index contributed by atoms with van der Waals surface area (Å²) < 4.78 is 5.66. The molecule has 3 nitrogen and oxygen atoms in total. The van der Waals surface area contributed by atoms with Gasteiger partial charge in [0.15, 0.2) is 0 Å². The van der Waals surface area contributed by atoms with Crippen molar-refractivity contribution in [3.8, 4) is 5.75 Å². The molecule has 0 spiro atoms. The molecule has 0 atom stereocenters. The molecule has 2 aromatic carbocycles. The maximum Gasteiger partial charge on any atom is 0.124 e.